The number of hydrogen-bond acceptors (Lipinski definition) is 1. The molecule has 3 aromatic carbocycles. The summed E-state index contributed by atoms with van der Waals surface area (Å²) in [6.45, 7) is 8.47. The number of benzene rings is 3. The van der Waals surface area contributed by atoms with Crippen molar-refractivity contribution in [1.82, 2.24) is 0 Å². The average molecular weight is 371 g/mol. The van der Waals surface area contributed by atoms with Crippen LogP contribution in [0.4, 0.5) is 0 Å². The molecule has 0 bridgehead atoms. The number of fused-ring (bicyclic) bond motifs is 1. The summed E-state index contributed by atoms with van der Waals surface area (Å²) in [6.07, 6.45) is 2.26. The zero-order valence-corrected chi connectivity index (χ0v) is 17.4. The molecule has 0 aromatic heterocycles. The molecule has 0 aliphatic heterocycles. The van der Waals surface area contributed by atoms with Crippen LogP contribution in [0.25, 0.3) is 0 Å². The molecule has 0 saturated heterocycles. The maximum Gasteiger partial charge on any atom is 0.120 e. The molecule has 1 nitrogen and oxygen atoms in total. The van der Waals surface area contributed by atoms with Crippen LogP contribution in [-0.2, 0) is 6.42 Å². The summed E-state index contributed by atoms with van der Waals surface area (Å²) < 4.78 is 6.14. The van der Waals surface area contributed by atoms with Gasteiger partial charge in [-0.2, -0.15) is 0 Å². The number of rotatable bonds is 3. The van der Waals surface area contributed by atoms with Gasteiger partial charge in [0.05, 0.1) is 0 Å². The fourth-order valence-electron chi connectivity index (χ4n) is 4.46. The van der Waals surface area contributed by atoms with E-state index in [-0.39, 0.29) is 5.60 Å². The average Bonchev–Trinajstić information content (AvgIpc) is 2.67. The summed E-state index contributed by atoms with van der Waals surface area (Å²) >= 11 is 0. The second-order valence-corrected chi connectivity index (χ2v) is 9.02. The van der Waals surface area contributed by atoms with Crippen molar-refractivity contribution in [2.45, 2.75) is 58.0 Å². The molecule has 0 spiro atoms. The van der Waals surface area contributed by atoms with Gasteiger partial charge in [-0.25, -0.2) is 0 Å². The van der Waals surface area contributed by atoms with Gasteiger partial charge in [0, 0.05) is 5.92 Å². The van der Waals surface area contributed by atoms with Gasteiger partial charge >= 0.3 is 0 Å². The van der Waals surface area contributed by atoms with Gasteiger partial charge in [-0.1, -0.05) is 66.2 Å². The third kappa shape index (κ3) is 3.99. The molecule has 3 aromatic rings. The molecule has 4 rings (SSSR count). The van der Waals surface area contributed by atoms with Gasteiger partial charge in [0.2, 0.25) is 0 Å². The second-order valence-electron chi connectivity index (χ2n) is 9.02. The Balaban J connectivity index is 1.78. The monoisotopic (exact) mass is 370 g/mol. The Hall–Kier alpha value is -2.54. The van der Waals surface area contributed by atoms with Crippen LogP contribution in [0.15, 0.2) is 72.8 Å². The molecule has 28 heavy (non-hydrogen) atoms. The first-order valence-electron chi connectivity index (χ1n) is 10.3. The minimum absolute atomic E-state index is 0.175. The molecule has 0 fully saturated rings. The van der Waals surface area contributed by atoms with Gasteiger partial charge in [-0.15, -0.1) is 0 Å². The Bertz CT molecular complexity index is 932. The first kappa shape index (κ1) is 18.8. The molecule has 1 aliphatic carbocycles. The smallest absolute Gasteiger partial charge is 0.120 e. The summed E-state index contributed by atoms with van der Waals surface area (Å²) in [7, 11) is 0. The maximum atomic E-state index is 6.14. The van der Waals surface area contributed by atoms with Gasteiger partial charge in [-0.05, 0) is 80.8 Å². The summed E-state index contributed by atoms with van der Waals surface area (Å²) in [5.74, 6) is 1.87. The van der Waals surface area contributed by atoms with Crippen molar-refractivity contribution in [3.05, 3.63) is 101 Å². The van der Waals surface area contributed by atoms with Gasteiger partial charge in [0.15, 0.2) is 0 Å². The molecular formula is C27H30O. The molecule has 2 atom stereocenters. The molecule has 0 N–H and O–H groups in total. The van der Waals surface area contributed by atoms with E-state index in [2.05, 4.69) is 100 Å². The van der Waals surface area contributed by atoms with Crippen molar-refractivity contribution in [2.75, 3.05) is 0 Å². The highest BCUT2D eigenvalue weighted by atomic mass is 16.5. The predicted octanol–water partition coefficient (Wildman–Crippen LogP) is 7.03. The molecule has 0 unspecified atom stereocenters. The van der Waals surface area contributed by atoms with E-state index in [1.165, 1.54) is 27.8 Å². The lowest BCUT2D eigenvalue weighted by atomic mass is 9.69. The van der Waals surface area contributed by atoms with Crippen LogP contribution in [0.5, 0.6) is 5.75 Å². The SMILES string of the molecule is Cc1ccc([C@@H]2c3ccc(OC(C)(C)C)cc3CC[C@@H]2c2ccccc2)cc1. The van der Waals surface area contributed by atoms with E-state index in [1.807, 2.05) is 0 Å². The van der Waals surface area contributed by atoms with E-state index in [0.717, 1.165) is 18.6 Å². The minimum atomic E-state index is -0.175. The van der Waals surface area contributed by atoms with Gasteiger partial charge < -0.3 is 4.74 Å². The quantitative estimate of drug-likeness (QED) is 0.481. The van der Waals surface area contributed by atoms with E-state index in [4.69, 9.17) is 4.74 Å². The second kappa shape index (κ2) is 7.47. The van der Waals surface area contributed by atoms with Crippen LogP contribution in [0.1, 0.15) is 66.8 Å². The van der Waals surface area contributed by atoms with Crippen LogP contribution in [0.2, 0.25) is 0 Å². The Kier molecular flexibility index (Phi) is 5.02. The van der Waals surface area contributed by atoms with E-state index in [1.54, 1.807) is 0 Å². The Morgan fingerprint density at radius 1 is 0.821 bits per heavy atom. The molecule has 144 valence electrons. The molecule has 1 aliphatic rings. The van der Waals surface area contributed by atoms with Crippen molar-refractivity contribution in [2.24, 2.45) is 0 Å². The van der Waals surface area contributed by atoms with Gasteiger partial charge in [0.25, 0.3) is 0 Å². The molecule has 0 radical (unpaired) electrons. The third-order valence-corrected chi connectivity index (χ3v) is 5.66. The third-order valence-electron chi connectivity index (χ3n) is 5.66. The zero-order valence-electron chi connectivity index (χ0n) is 17.4. The van der Waals surface area contributed by atoms with E-state index in [9.17, 15) is 0 Å². The summed E-state index contributed by atoms with van der Waals surface area (Å²) in [5.41, 5.74) is 6.86. The van der Waals surface area contributed by atoms with Crippen LogP contribution in [0, 0.1) is 6.92 Å². The summed E-state index contributed by atoms with van der Waals surface area (Å²) in [4.78, 5) is 0. The highest BCUT2D eigenvalue weighted by Gasteiger charge is 2.32. The number of hydrogen-bond donors (Lipinski definition) is 0. The van der Waals surface area contributed by atoms with Crippen molar-refractivity contribution in [3.8, 4) is 5.75 Å². The molecule has 0 heterocycles. The fraction of sp³-hybridized carbons (Fsp3) is 0.333. The normalized spacial score (nSPS) is 19.1. The topological polar surface area (TPSA) is 9.23 Å². The Morgan fingerprint density at radius 3 is 2.21 bits per heavy atom. The first-order valence-corrected chi connectivity index (χ1v) is 10.3. The molecular weight excluding hydrogens is 340 g/mol. The van der Waals surface area contributed by atoms with Crippen molar-refractivity contribution in [3.63, 3.8) is 0 Å². The van der Waals surface area contributed by atoms with Crippen molar-refractivity contribution >= 4 is 0 Å². The first-order chi connectivity index (χ1) is 13.4. The molecule has 0 saturated carbocycles. The van der Waals surface area contributed by atoms with E-state index >= 15 is 0 Å². The standard InChI is InChI=1S/C27H30O/c1-19-10-12-21(13-11-19)26-24(20-8-6-5-7-9-20)16-14-22-18-23(15-17-25(22)26)28-27(2,3)4/h5-13,15,17-18,24,26H,14,16H2,1-4H3/t24-,26+/m1/s1. The van der Waals surface area contributed by atoms with Crippen molar-refractivity contribution in [1.29, 1.82) is 0 Å². The van der Waals surface area contributed by atoms with Crippen LogP contribution in [0.3, 0.4) is 0 Å². The molecule has 0 amide bonds. The van der Waals surface area contributed by atoms with Crippen LogP contribution in [-0.4, -0.2) is 5.60 Å². The summed E-state index contributed by atoms with van der Waals surface area (Å²) in [6, 6.07) is 26.8. The Morgan fingerprint density at radius 2 is 1.54 bits per heavy atom. The van der Waals surface area contributed by atoms with Gasteiger partial charge in [0.1, 0.15) is 11.4 Å². The van der Waals surface area contributed by atoms with E-state index in [0.29, 0.717) is 11.8 Å². The summed E-state index contributed by atoms with van der Waals surface area (Å²) in [5, 5.41) is 0. The highest BCUT2D eigenvalue weighted by molar-refractivity contribution is 5.48. The van der Waals surface area contributed by atoms with Gasteiger partial charge in [-0.3, -0.25) is 0 Å². The zero-order chi connectivity index (χ0) is 19.7. The lowest BCUT2D eigenvalue weighted by Gasteiger charge is -2.35. The minimum Gasteiger partial charge on any atom is -0.488 e. The number of aryl methyl sites for hydroxylation is 2. The number of ether oxygens (including phenoxy) is 1. The lowest BCUT2D eigenvalue weighted by Crippen LogP contribution is -2.24. The van der Waals surface area contributed by atoms with E-state index < -0.39 is 0 Å². The Labute approximate surface area is 169 Å². The lowest BCUT2D eigenvalue weighted by molar-refractivity contribution is 0.130. The fourth-order valence-corrected chi connectivity index (χ4v) is 4.46. The largest absolute Gasteiger partial charge is 0.488 e. The highest BCUT2D eigenvalue weighted by Crippen LogP contribution is 2.47. The molecule has 1 heteroatoms. The predicted molar refractivity (Wildman–Crippen MR) is 117 cm³/mol. The van der Waals surface area contributed by atoms with Crippen LogP contribution < -0.4 is 4.74 Å². The van der Waals surface area contributed by atoms with Crippen molar-refractivity contribution < 1.29 is 4.74 Å². The maximum absolute atomic E-state index is 6.14. The van der Waals surface area contributed by atoms with Crippen LogP contribution >= 0.6 is 0 Å².